The molecule has 0 radical (unpaired) electrons. The second kappa shape index (κ2) is 6.12. The van der Waals surface area contributed by atoms with Crippen molar-refractivity contribution in [3.05, 3.63) is 40.9 Å². The number of ether oxygens (including phenoxy) is 1. The predicted molar refractivity (Wildman–Crippen MR) is 90.5 cm³/mol. The van der Waals surface area contributed by atoms with Gasteiger partial charge in [0.1, 0.15) is 6.61 Å². The minimum atomic E-state index is -0.304. The normalized spacial score (nSPS) is 16.8. The summed E-state index contributed by atoms with van der Waals surface area (Å²) in [6.07, 6.45) is 1.79. The van der Waals surface area contributed by atoms with Crippen LogP contribution < -0.4 is 10.2 Å². The van der Waals surface area contributed by atoms with Gasteiger partial charge in [-0.15, -0.1) is 11.3 Å². The third-order valence-electron chi connectivity index (χ3n) is 4.19. The molecule has 0 unspecified atom stereocenters. The number of nitrogens with one attached hydrogen (secondary N) is 1. The van der Waals surface area contributed by atoms with E-state index in [9.17, 15) is 9.59 Å². The van der Waals surface area contributed by atoms with Gasteiger partial charge in [0.15, 0.2) is 5.13 Å². The average molecular weight is 344 g/mol. The summed E-state index contributed by atoms with van der Waals surface area (Å²) in [7, 11) is 0. The zero-order valence-electron chi connectivity index (χ0n) is 12.9. The minimum Gasteiger partial charge on any atom is -0.457 e. The number of aromatic nitrogens is 1. The maximum atomic E-state index is 12.4. The largest absolute Gasteiger partial charge is 0.457 e. The maximum Gasteiger partial charge on any atom is 0.338 e. The monoisotopic (exact) mass is 344 g/mol. The number of amides is 2. The van der Waals surface area contributed by atoms with E-state index >= 15 is 0 Å². The Balaban J connectivity index is 1.36. The molecular formula is C16H16N4O3S. The van der Waals surface area contributed by atoms with E-state index in [1.165, 1.54) is 0 Å². The number of esters is 1. The molecule has 2 aliphatic heterocycles. The molecule has 1 saturated heterocycles. The zero-order valence-corrected chi connectivity index (χ0v) is 13.7. The fourth-order valence-electron chi connectivity index (χ4n) is 2.89. The Morgan fingerprint density at radius 3 is 2.83 bits per heavy atom. The summed E-state index contributed by atoms with van der Waals surface area (Å²) in [5, 5.41) is 5.85. The number of anilines is 2. The summed E-state index contributed by atoms with van der Waals surface area (Å²) in [5.74, 6) is -0.304. The summed E-state index contributed by atoms with van der Waals surface area (Å²) in [6.45, 7) is 3.11. The third-order valence-corrected chi connectivity index (χ3v) is 5.02. The van der Waals surface area contributed by atoms with Crippen molar-refractivity contribution in [2.45, 2.75) is 6.61 Å². The number of benzene rings is 1. The number of fused-ring (bicyclic) bond motifs is 1. The van der Waals surface area contributed by atoms with E-state index in [1.54, 1.807) is 40.6 Å². The fourth-order valence-corrected chi connectivity index (χ4v) is 3.58. The van der Waals surface area contributed by atoms with Crippen LogP contribution in [0.1, 0.15) is 15.9 Å². The Morgan fingerprint density at radius 1 is 1.25 bits per heavy atom. The molecule has 0 aliphatic carbocycles. The van der Waals surface area contributed by atoms with Crippen LogP contribution in [0.25, 0.3) is 0 Å². The van der Waals surface area contributed by atoms with Crippen LogP contribution in [0.3, 0.4) is 0 Å². The number of rotatable bonds is 2. The molecule has 0 atom stereocenters. The van der Waals surface area contributed by atoms with E-state index in [0.717, 1.165) is 23.8 Å². The van der Waals surface area contributed by atoms with Gasteiger partial charge in [0.25, 0.3) is 0 Å². The molecule has 1 aromatic carbocycles. The Bertz CT molecular complexity index is 770. The van der Waals surface area contributed by atoms with Crippen LogP contribution in [0.5, 0.6) is 0 Å². The van der Waals surface area contributed by atoms with Crippen LogP contribution >= 0.6 is 11.3 Å². The van der Waals surface area contributed by atoms with Crippen LogP contribution in [0.15, 0.2) is 29.8 Å². The number of piperazine rings is 1. The van der Waals surface area contributed by atoms with Crippen molar-refractivity contribution in [1.82, 2.24) is 9.88 Å². The van der Waals surface area contributed by atoms with Crippen molar-refractivity contribution in [3.63, 3.8) is 0 Å². The van der Waals surface area contributed by atoms with Gasteiger partial charge in [-0.3, -0.25) is 0 Å². The summed E-state index contributed by atoms with van der Waals surface area (Å²) < 4.78 is 4.97. The molecule has 1 fully saturated rings. The number of carbonyl (C=O) groups is 2. The second-order valence-corrected chi connectivity index (χ2v) is 6.54. The highest BCUT2D eigenvalue weighted by atomic mass is 32.1. The molecule has 1 aromatic heterocycles. The van der Waals surface area contributed by atoms with E-state index in [-0.39, 0.29) is 18.6 Å². The third kappa shape index (κ3) is 2.80. The number of hydrogen-bond donors (Lipinski definition) is 1. The van der Waals surface area contributed by atoms with E-state index in [2.05, 4.69) is 15.2 Å². The first-order valence-electron chi connectivity index (χ1n) is 7.71. The second-order valence-electron chi connectivity index (χ2n) is 5.67. The quantitative estimate of drug-likeness (QED) is 0.845. The van der Waals surface area contributed by atoms with Gasteiger partial charge in [0.05, 0.1) is 5.56 Å². The highest BCUT2D eigenvalue weighted by Gasteiger charge is 2.24. The molecule has 8 heteroatoms. The van der Waals surface area contributed by atoms with Crippen LogP contribution in [-0.2, 0) is 11.3 Å². The zero-order chi connectivity index (χ0) is 16.5. The lowest BCUT2D eigenvalue weighted by molar-refractivity contribution is 0.0535. The Labute approximate surface area is 142 Å². The minimum absolute atomic E-state index is 0.126. The molecule has 24 heavy (non-hydrogen) atoms. The van der Waals surface area contributed by atoms with E-state index in [0.29, 0.717) is 24.3 Å². The summed E-state index contributed by atoms with van der Waals surface area (Å²) in [5.41, 5.74) is 2.07. The SMILES string of the molecule is O=C1OCc2cc(NC(=O)N3CCN(c4nccs4)CC3)ccc21. The number of carbonyl (C=O) groups excluding carboxylic acids is 2. The summed E-state index contributed by atoms with van der Waals surface area (Å²) in [4.78, 5) is 32.1. The average Bonchev–Trinajstić information content (AvgIpc) is 3.25. The van der Waals surface area contributed by atoms with E-state index < -0.39 is 0 Å². The van der Waals surface area contributed by atoms with Crippen LogP contribution in [0, 0.1) is 0 Å². The molecule has 3 heterocycles. The number of thiazole rings is 1. The number of cyclic esters (lactones) is 1. The summed E-state index contributed by atoms with van der Waals surface area (Å²) >= 11 is 1.61. The number of urea groups is 1. The molecular weight excluding hydrogens is 328 g/mol. The van der Waals surface area contributed by atoms with E-state index in [1.807, 2.05) is 5.38 Å². The van der Waals surface area contributed by atoms with Gasteiger partial charge < -0.3 is 19.9 Å². The Kier molecular flexibility index (Phi) is 3.81. The van der Waals surface area contributed by atoms with Gasteiger partial charge in [0.2, 0.25) is 0 Å². The van der Waals surface area contributed by atoms with Crippen molar-refractivity contribution in [2.24, 2.45) is 0 Å². The van der Waals surface area contributed by atoms with Gasteiger partial charge in [-0.25, -0.2) is 14.6 Å². The van der Waals surface area contributed by atoms with Crippen LogP contribution in [0.2, 0.25) is 0 Å². The Hall–Kier alpha value is -2.61. The fraction of sp³-hybridized carbons (Fsp3) is 0.312. The van der Waals surface area contributed by atoms with Gasteiger partial charge in [-0.05, 0) is 18.2 Å². The first-order chi connectivity index (χ1) is 11.7. The molecule has 0 saturated carbocycles. The molecule has 2 aromatic rings. The molecule has 7 nitrogen and oxygen atoms in total. The highest BCUT2D eigenvalue weighted by molar-refractivity contribution is 7.13. The molecule has 4 rings (SSSR count). The van der Waals surface area contributed by atoms with Crippen molar-refractivity contribution >= 4 is 34.2 Å². The highest BCUT2D eigenvalue weighted by Crippen LogP contribution is 2.24. The first-order valence-corrected chi connectivity index (χ1v) is 8.59. The van der Waals surface area contributed by atoms with Crippen molar-refractivity contribution in [2.75, 3.05) is 36.4 Å². The maximum absolute atomic E-state index is 12.4. The first kappa shape index (κ1) is 14.9. The smallest absolute Gasteiger partial charge is 0.338 e. The molecule has 2 aliphatic rings. The Morgan fingerprint density at radius 2 is 2.08 bits per heavy atom. The summed E-state index contributed by atoms with van der Waals surface area (Å²) in [6, 6.07) is 5.10. The standard InChI is InChI=1S/C16H16N4O3S/c21-14-13-2-1-12(9-11(13)10-23-14)18-15(22)19-4-6-20(7-5-19)16-17-3-8-24-16/h1-3,8-9H,4-7,10H2,(H,18,22). The van der Waals surface area contributed by atoms with E-state index in [4.69, 9.17) is 4.74 Å². The van der Waals surface area contributed by atoms with Gasteiger partial charge in [-0.2, -0.15) is 0 Å². The van der Waals surface area contributed by atoms with Crippen LogP contribution in [-0.4, -0.2) is 48.1 Å². The molecule has 0 spiro atoms. The molecule has 1 N–H and O–H groups in total. The number of nitrogens with zero attached hydrogens (tertiary/aromatic N) is 3. The predicted octanol–water partition coefficient (Wildman–Crippen LogP) is 2.17. The topological polar surface area (TPSA) is 74.8 Å². The molecule has 0 bridgehead atoms. The van der Waals surface area contributed by atoms with Crippen LogP contribution in [0.4, 0.5) is 15.6 Å². The van der Waals surface area contributed by atoms with Crippen molar-refractivity contribution in [3.8, 4) is 0 Å². The van der Waals surface area contributed by atoms with Gasteiger partial charge >= 0.3 is 12.0 Å². The van der Waals surface area contributed by atoms with Crippen molar-refractivity contribution < 1.29 is 14.3 Å². The van der Waals surface area contributed by atoms with Crippen molar-refractivity contribution in [1.29, 1.82) is 0 Å². The molecule has 2 amide bonds. The lowest BCUT2D eigenvalue weighted by Gasteiger charge is -2.34. The number of hydrogen-bond acceptors (Lipinski definition) is 6. The van der Waals surface area contributed by atoms with Gasteiger partial charge in [0, 0.05) is 49.0 Å². The molecule has 124 valence electrons. The van der Waals surface area contributed by atoms with Gasteiger partial charge in [-0.1, -0.05) is 0 Å². The lowest BCUT2D eigenvalue weighted by atomic mass is 10.1. The lowest BCUT2D eigenvalue weighted by Crippen LogP contribution is -2.50.